The van der Waals surface area contributed by atoms with Crippen molar-refractivity contribution in [3.63, 3.8) is 0 Å². The molecular weight excluding hydrogens is 317 g/mol. The zero-order valence-electron chi connectivity index (χ0n) is 13.6. The van der Waals surface area contributed by atoms with Gasteiger partial charge in [-0.2, -0.15) is 0 Å². The Bertz CT molecular complexity index is 819. The Morgan fingerprint density at radius 1 is 1.13 bits per heavy atom. The summed E-state index contributed by atoms with van der Waals surface area (Å²) < 4.78 is 46.0. The van der Waals surface area contributed by atoms with Gasteiger partial charge in [0, 0.05) is 6.04 Å². The summed E-state index contributed by atoms with van der Waals surface area (Å²) in [6.45, 7) is 5.63. The van der Waals surface area contributed by atoms with E-state index < -0.39 is 21.9 Å². The van der Waals surface area contributed by atoms with E-state index in [2.05, 4.69) is 4.72 Å². The first kappa shape index (κ1) is 17.4. The van der Waals surface area contributed by atoms with Crippen LogP contribution in [0.15, 0.2) is 41.3 Å². The molecule has 124 valence electrons. The molecule has 0 saturated heterocycles. The minimum Gasteiger partial charge on any atom is -0.494 e. The van der Waals surface area contributed by atoms with Crippen molar-refractivity contribution >= 4 is 10.0 Å². The van der Waals surface area contributed by atoms with Crippen LogP contribution in [0.4, 0.5) is 4.39 Å². The van der Waals surface area contributed by atoms with E-state index in [0.29, 0.717) is 0 Å². The minimum atomic E-state index is -3.83. The summed E-state index contributed by atoms with van der Waals surface area (Å²) in [4.78, 5) is -0.132. The molecule has 6 heteroatoms. The smallest absolute Gasteiger partial charge is 0.241 e. The van der Waals surface area contributed by atoms with Gasteiger partial charge in [-0.3, -0.25) is 0 Å². The number of hydrogen-bond donors (Lipinski definition) is 1. The number of rotatable bonds is 5. The van der Waals surface area contributed by atoms with Crippen molar-refractivity contribution < 1.29 is 17.5 Å². The van der Waals surface area contributed by atoms with Gasteiger partial charge < -0.3 is 4.74 Å². The van der Waals surface area contributed by atoms with Crippen molar-refractivity contribution in [2.75, 3.05) is 7.11 Å². The highest BCUT2D eigenvalue weighted by atomic mass is 32.2. The van der Waals surface area contributed by atoms with Crippen LogP contribution >= 0.6 is 0 Å². The van der Waals surface area contributed by atoms with E-state index in [1.807, 2.05) is 32.0 Å². The summed E-state index contributed by atoms with van der Waals surface area (Å²) in [7, 11) is -2.50. The Balaban J connectivity index is 2.30. The van der Waals surface area contributed by atoms with E-state index in [4.69, 9.17) is 4.74 Å². The van der Waals surface area contributed by atoms with Gasteiger partial charge in [-0.25, -0.2) is 17.5 Å². The lowest BCUT2D eigenvalue weighted by Gasteiger charge is -2.17. The lowest BCUT2D eigenvalue weighted by Crippen LogP contribution is -2.27. The summed E-state index contributed by atoms with van der Waals surface area (Å²) in [6, 6.07) is 9.01. The molecule has 0 aliphatic rings. The molecule has 2 rings (SSSR count). The molecule has 0 amide bonds. The zero-order valence-corrected chi connectivity index (χ0v) is 14.4. The SMILES string of the molecule is COc1ccc(S(=O)(=O)N[C@@H](C)c2cc(C)ccc2C)cc1F. The Kier molecular flexibility index (Phi) is 5.06. The molecule has 23 heavy (non-hydrogen) atoms. The maximum Gasteiger partial charge on any atom is 0.241 e. The van der Waals surface area contributed by atoms with E-state index in [-0.39, 0.29) is 10.6 Å². The van der Waals surface area contributed by atoms with Gasteiger partial charge >= 0.3 is 0 Å². The van der Waals surface area contributed by atoms with Gasteiger partial charge in [-0.05, 0) is 50.1 Å². The lowest BCUT2D eigenvalue weighted by molar-refractivity contribution is 0.385. The molecule has 0 aromatic heterocycles. The van der Waals surface area contributed by atoms with E-state index in [0.717, 1.165) is 22.8 Å². The number of aryl methyl sites for hydroxylation is 2. The number of nitrogens with one attached hydrogen (secondary N) is 1. The van der Waals surface area contributed by atoms with Crippen molar-refractivity contribution in [1.82, 2.24) is 4.72 Å². The molecule has 0 radical (unpaired) electrons. The first-order valence-electron chi connectivity index (χ1n) is 7.17. The van der Waals surface area contributed by atoms with E-state index in [1.165, 1.54) is 19.2 Å². The molecular formula is C17H20FNO3S. The number of methoxy groups -OCH3 is 1. The van der Waals surface area contributed by atoms with Crippen molar-refractivity contribution in [3.05, 3.63) is 58.9 Å². The minimum absolute atomic E-state index is 0.00604. The van der Waals surface area contributed by atoms with Crippen LogP contribution in [0.3, 0.4) is 0 Å². The summed E-state index contributed by atoms with van der Waals surface area (Å²) in [5, 5.41) is 0. The van der Waals surface area contributed by atoms with Gasteiger partial charge in [-0.15, -0.1) is 0 Å². The summed E-state index contributed by atoms with van der Waals surface area (Å²) >= 11 is 0. The fraction of sp³-hybridized carbons (Fsp3) is 0.294. The second-order valence-corrected chi connectivity index (χ2v) is 7.21. The fourth-order valence-corrected chi connectivity index (χ4v) is 3.64. The van der Waals surface area contributed by atoms with Crippen LogP contribution in [-0.2, 0) is 10.0 Å². The number of hydrogen-bond acceptors (Lipinski definition) is 3. The molecule has 0 heterocycles. The van der Waals surface area contributed by atoms with Crippen LogP contribution in [-0.4, -0.2) is 15.5 Å². The van der Waals surface area contributed by atoms with E-state index >= 15 is 0 Å². The number of sulfonamides is 1. The van der Waals surface area contributed by atoms with E-state index in [9.17, 15) is 12.8 Å². The number of ether oxygens (including phenoxy) is 1. The van der Waals surface area contributed by atoms with Crippen LogP contribution in [0, 0.1) is 19.7 Å². The second kappa shape index (κ2) is 6.68. The molecule has 2 aromatic rings. The van der Waals surface area contributed by atoms with Gasteiger partial charge in [0.1, 0.15) is 0 Å². The van der Waals surface area contributed by atoms with Gasteiger partial charge in [0.2, 0.25) is 10.0 Å². The van der Waals surface area contributed by atoms with Crippen LogP contribution in [0.5, 0.6) is 5.75 Å². The average molecular weight is 337 g/mol. The van der Waals surface area contributed by atoms with Gasteiger partial charge in [0.15, 0.2) is 11.6 Å². The van der Waals surface area contributed by atoms with Crippen LogP contribution in [0.2, 0.25) is 0 Å². The monoisotopic (exact) mass is 337 g/mol. The summed E-state index contributed by atoms with van der Waals surface area (Å²) in [6.07, 6.45) is 0. The standard InChI is InChI=1S/C17H20FNO3S/c1-11-5-6-12(2)15(9-11)13(3)19-23(20,21)14-7-8-17(22-4)16(18)10-14/h5-10,13,19H,1-4H3/t13-/m0/s1. The molecule has 0 aliphatic carbocycles. The van der Waals surface area contributed by atoms with Crippen molar-refractivity contribution in [3.8, 4) is 5.75 Å². The third-order valence-corrected chi connectivity index (χ3v) is 5.21. The van der Waals surface area contributed by atoms with Crippen molar-refractivity contribution in [2.45, 2.75) is 31.7 Å². The third-order valence-electron chi connectivity index (χ3n) is 3.67. The average Bonchev–Trinajstić information content (AvgIpc) is 2.49. The highest BCUT2D eigenvalue weighted by molar-refractivity contribution is 7.89. The topological polar surface area (TPSA) is 55.4 Å². The molecule has 0 saturated carbocycles. The van der Waals surface area contributed by atoms with Crippen LogP contribution in [0.25, 0.3) is 0 Å². The fourth-order valence-electron chi connectivity index (χ4n) is 2.40. The second-order valence-electron chi connectivity index (χ2n) is 5.50. The third kappa shape index (κ3) is 3.89. The lowest BCUT2D eigenvalue weighted by atomic mass is 10.0. The molecule has 4 nitrogen and oxygen atoms in total. The Morgan fingerprint density at radius 2 is 1.83 bits per heavy atom. The first-order valence-corrected chi connectivity index (χ1v) is 8.66. The van der Waals surface area contributed by atoms with Gasteiger partial charge in [-0.1, -0.05) is 23.8 Å². The Hall–Kier alpha value is -1.92. The van der Waals surface area contributed by atoms with Crippen molar-refractivity contribution in [1.29, 1.82) is 0 Å². The molecule has 0 fully saturated rings. The van der Waals surface area contributed by atoms with Crippen LogP contribution in [0.1, 0.15) is 29.7 Å². The summed E-state index contributed by atoms with van der Waals surface area (Å²) in [5.41, 5.74) is 2.93. The summed E-state index contributed by atoms with van der Waals surface area (Å²) in [5.74, 6) is -0.707. The molecule has 0 spiro atoms. The molecule has 1 N–H and O–H groups in total. The van der Waals surface area contributed by atoms with Gasteiger partial charge in [0.05, 0.1) is 12.0 Å². The Morgan fingerprint density at radius 3 is 2.43 bits per heavy atom. The number of halogens is 1. The Labute approximate surface area is 136 Å². The van der Waals surface area contributed by atoms with Crippen molar-refractivity contribution in [2.24, 2.45) is 0 Å². The highest BCUT2D eigenvalue weighted by Crippen LogP contribution is 2.24. The maximum atomic E-state index is 13.7. The molecule has 1 atom stereocenters. The van der Waals surface area contributed by atoms with E-state index in [1.54, 1.807) is 6.92 Å². The molecule has 2 aromatic carbocycles. The predicted molar refractivity (Wildman–Crippen MR) is 87.6 cm³/mol. The zero-order chi connectivity index (χ0) is 17.2. The quantitative estimate of drug-likeness (QED) is 0.908. The predicted octanol–water partition coefficient (Wildman–Crippen LogP) is 3.49. The number of benzene rings is 2. The first-order chi connectivity index (χ1) is 10.7. The highest BCUT2D eigenvalue weighted by Gasteiger charge is 2.21. The van der Waals surface area contributed by atoms with Crippen LogP contribution < -0.4 is 9.46 Å². The normalized spacial score (nSPS) is 12.9. The molecule has 0 aliphatic heterocycles. The molecule has 0 unspecified atom stereocenters. The largest absolute Gasteiger partial charge is 0.494 e. The van der Waals surface area contributed by atoms with Gasteiger partial charge in [0.25, 0.3) is 0 Å². The molecule has 0 bridgehead atoms. The maximum absolute atomic E-state index is 13.7.